The molecule has 2 N–H and O–H groups in total. The first-order valence-corrected chi connectivity index (χ1v) is 11.4. The number of benzene rings is 1. The number of fused-ring (bicyclic) bond motifs is 1. The molecule has 164 valence electrons. The van der Waals surface area contributed by atoms with Gasteiger partial charge in [-0.15, -0.1) is 0 Å². The number of anilines is 2. The van der Waals surface area contributed by atoms with E-state index in [1.807, 2.05) is 24.3 Å². The third-order valence-electron chi connectivity index (χ3n) is 5.40. The van der Waals surface area contributed by atoms with Crippen LogP contribution in [0, 0.1) is 0 Å². The summed E-state index contributed by atoms with van der Waals surface area (Å²) in [4.78, 5) is 19.5. The van der Waals surface area contributed by atoms with Gasteiger partial charge in [0.15, 0.2) is 10.9 Å². The van der Waals surface area contributed by atoms with Crippen LogP contribution in [-0.2, 0) is 0 Å². The highest BCUT2D eigenvalue weighted by Gasteiger charge is 2.19. The van der Waals surface area contributed by atoms with E-state index in [4.69, 9.17) is 16.3 Å². The van der Waals surface area contributed by atoms with Crippen molar-refractivity contribution in [3.8, 4) is 11.6 Å². The number of aromatic nitrogens is 3. The van der Waals surface area contributed by atoms with Gasteiger partial charge in [0.1, 0.15) is 18.2 Å². The molecule has 0 unspecified atom stereocenters. The second-order valence-corrected chi connectivity index (χ2v) is 9.15. The number of rotatable bonds is 5. The van der Waals surface area contributed by atoms with E-state index in [9.17, 15) is 5.11 Å². The van der Waals surface area contributed by atoms with Crippen molar-refractivity contribution in [2.24, 2.45) is 4.99 Å². The van der Waals surface area contributed by atoms with Gasteiger partial charge in [-0.2, -0.15) is 4.98 Å². The van der Waals surface area contributed by atoms with Crippen LogP contribution in [0.5, 0.6) is 11.6 Å². The molecule has 4 heterocycles. The number of nitrogens with one attached hydrogen (secondary N) is 1. The maximum atomic E-state index is 10.3. The molecule has 1 aromatic carbocycles. The first-order valence-electron chi connectivity index (χ1n) is 10.2. The summed E-state index contributed by atoms with van der Waals surface area (Å²) in [5.41, 5.74) is 2.33. The fraction of sp³-hybridized carbons (Fsp3) is 0.273. The lowest BCUT2D eigenvalue weighted by Gasteiger charge is -2.29. The SMILES string of the molecule is CN1CCC(Oc2ccc(Nc3nc(O)c(C=C4C=Nc5ncncc54)s3)c(Cl)c2)CC1. The van der Waals surface area contributed by atoms with Gasteiger partial charge >= 0.3 is 0 Å². The van der Waals surface area contributed by atoms with Crippen LogP contribution in [0.3, 0.4) is 0 Å². The zero-order valence-electron chi connectivity index (χ0n) is 17.3. The molecule has 0 aliphatic carbocycles. The minimum absolute atomic E-state index is 0.0676. The van der Waals surface area contributed by atoms with Crippen molar-refractivity contribution in [2.45, 2.75) is 18.9 Å². The average molecular weight is 469 g/mol. The predicted molar refractivity (Wildman–Crippen MR) is 128 cm³/mol. The van der Waals surface area contributed by atoms with Crippen LogP contribution < -0.4 is 10.1 Å². The fourth-order valence-corrected chi connectivity index (χ4v) is 4.68. The van der Waals surface area contributed by atoms with Gasteiger partial charge in [-0.25, -0.2) is 15.0 Å². The Labute approximate surface area is 194 Å². The van der Waals surface area contributed by atoms with Crippen LogP contribution in [0.15, 0.2) is 35.7 Å². The van der Waals surface area contributed by atoms with Gasteiger partial charge in [-0.3, -0.25) is 0 Å². The molecular formula is C22H21ClN6O2S. The Hall–Kier alpha value is -3.01. The summed E-state index contributed by atoms with van der Waals surface area (Å²) in [5, 5.41) is 14.5. The molecule has 1 saturated heterocycles. The zero-order valence-corrected chi connectivity index (χ0v) is 18.9. The van der Waals surface area contributed by atoms with E-state index in [0.29, 0.717) is 26.5 Å². The number of aromatic hydroxyl groups is 1. The molecule has 0 saturated carbocycles. The number of likely N-dealkylation sites (tertiary alicyclic amines) is 1. The Morgan fingerprint density at radius 3 is 2.97 bits per heavy atom. The van der Waals surface area contributed by atoms with E-state index in [0.717, 1.165) is 42.8 Å². The number of aliphatic imine (C=N–C) groups is 1. The van der Waals surface area contributed by atoms with Crippen LogP contribution in [0.4, 0.5) is 16.6 Å². The quantitative estimate of drug-likeness (QED) is 0.557. The molecule has 3 aromatic rings. The molecule has 8 nitrogen and oxygen atoms in total. The van der Waals surface area contributed by atoms with E-state index in [-0.39, 0.29) is 12.0 Å². The number of halogens is 1. The summed E-state index contributed by atoms with van der Waals surface area (Å²) < 4.78 is 6.09. The van der Waals surface area contributed by atoms with Crippen LogP contribution >= 0.6 is 22.9 Å². The standard InChI is InChI=1S/C22H21ClN6O2S/c1-29-6-4-14(5-7-29)31-15-2-3-18(17(23)9-15)27-22-28-21(30)19(32-22)8-13-10-25-20-16(13)11-24-12-26-20/h2-3,8-12,14,30H,4-7H2,1H3,(H,27,28). The van der Waals surface area contributed by atoms with Gasteiger partial charge < -0.3 is 20.1 Å². The number of piperidine rings is 1. The summed E-state index contributed by atoms with van der Waals surface area (Å²) in [5.74, 6) is 1.30. The largest absolute Gasteiger partial charge is 0.492 e. The Balaban J connectivity index is 1.29. The van der Waals surface area contributed by atoms with Gasteiger partial charge in [0, 0.05) is 42.7 Å². The average Bonchev–Trinajstić information content (AvgIpc) is 3.35. The van der Waals surface area contributed by atoms with E-state index in [2.05, 4.69) is 37.2 Å². The van der Waals surface area contributed by atoms with Crippen molar-refractivity contribution < 1.29 is 9.84 Å². The molecule has 5 rings (SSSR count). The number of nitrogens with zero attached hydrogens (tertiary/aromatic N) is 5. The lowest BCUT2D eigenvalue weighted by molar-refractivity contribution is 0.114. The number of thiazole rings is 1. The lowest BCUT2D eigenvalue weighted by Crippen LogP contribution is -2.35. The highest BCUT2D eigenvalue weighted by atomic mass is 35.5. The van der Waals surface area contributed by atoms with Gasteiger partial charge in [0.2, 0.25) is 5.88 Å². The summed E-state index contributed by atoms with van der Waals surface area (Å²) in [6, 6.07) is 5.57. The predicted octanol–water partition coefficient (Wildman–Crippen LogP) is 4.77. The molecule has 0 bridgehead atoms. The monoisotopic (exact) mass is 468 g/mol. The van der Waals surface area contributed by atoms with Crippen molar-refractivity contribution in [2.75, 3.05) is 25.5 Å². The molecule has 1 fully saturated rings. The van der Waals surface area contributed by atoms with Crippen LogP contribution in [0.2, 0.25) is 5.02 Å². The van der Waals surface area contributed by atoms with Gasteiger partial charge in [0.05, 0.1) is 15.6 Å². The maximum Gasteiger partial charge on any atom is 0.231 e. The van der Waals surface area contributed by atoms with Gasteiger partial charge in [0.25, 0.3) is 0 Å². The van der Waals surface area contributed by atoms with E-state index in [1.54, 1.807) is 12.4 Å². The van der Waals surface area contributed by atoms with Crippen LogP contribution in [-0.4, -0.2) is 57.4 Å². The van der Waals surface area contributed by atoms with Crippen LogP contribution in [0.1, 0.15) is 23.3 Å². The van der Waals surface area contributed by atoms with Gasteiger partial charge in [-0.1, -0.05) is 22.9 Å². The molecule has 10 heteroatoms. The maximum absolute atomic E-state index is 10.3. The minimum atomic E-state index is -0.0676. The Kier molecular flexibility index (Phi) is 5.77. The number of ether oxygens (including phenoxy) is 1. The van der Waals surface area contributed by atoms with E-state index in [1.165, 1.54) is 17.7 Å². The second-order valence-electron chi connectivity index (χ2n) is 7.71. The normalized spacial score (nSPS) is 17.6. The van der Waals surface area contributed by atoms with Crippen molar-refractivity contribution >= 4 is 57.4 Å². The first-order chi connectivity index (χ1) is 15.5. The summed E-state index contributed by atoms with van der Waals surface area (Å²) >= 11 is 7.79. The molecule has 2 aromatic heterocycles. The molecular weight excluding hydrogens is 448 g/mol. The first kappa shape index (κ1) is 20.9. The Bertz CT molecular complexity index is 1200. The summed E-state index contributed by atoms with van der Waals surface area (Å²) in [6.07, 6.45) is 8.90. The van der Waals surface area contributed by atoms with Crippen molar-refractivity contribution in [3.63, 3.8) is 0 Å². The smallest absolute Gasteiger partial charge is 0.231 e. The zero-order chi connectivity index (χ0) is 22.1. The molecule has 2 aliphatic rings. The van der Waals surface area contributed by atoms with Crippen LogP contribution in [0.25, 0.3) is 11.6 Å². The summed E-state index contributed by atoms with van der Waals surface area (Å²) in [7, 11) is 2.13. The molecule has 32 heavy (non-hydrogen) atoms. The molecule has 0 atom stereocenters. The molecule has 2 aliphatic heterocycles. The topological polar surface area (TPSA) is 95.8 Å². The third kappa shape index (κ3) is 4.45. The summed E-state index contributed by atoms with van der Waals surface area (Å²) in [6.45, 7) is 2.07. The van der Waals surface area contributed by atoms with E-state index >= 15 is 0 Å². The Morgan fingerprint density at radius 1 is 1.31 bits per heavy atom. The number of hydrogen-bond donors (Lipinski definition) is 2. The van der Waals surface area contributed by atoms with Gasteiger partial charge in [-0.05, 0) is 38.1 Å². The number of hydrogen-bond acceptors (Lipinski definition) is 9. The number of allylic oxidation sites excluding steroid dienone is 1. The highest BCUT2D eigenvalue weighted by Crippen LogP contribution is 2.37. The Morgan fingerprint density at radius 2 is 2.16 bits per heavy atom. The fourth-order valence-electron chi connectivity index (χ4n) is 3.64. The van der Waals surface area contributed by atoms with Crippen molar-refractivity contribution in [1.29, 1.82) is 0 Å². The molecule has 0 amide bonds. The van der Waals surface area contributed by atoms with Crippen molar-refractivity contribution in [1.82, 2.24) is 19.9 Å². The van der Waals surface area contributed by atoms with Crippen molar-refractivity contribution in [3.05, 3.63) is 46.2 Å². The lowest BCUT2D eigenvalue weighted by atomic mass is 10.1. The highest BCUT2D eigenvalue weighted by molar-refractivity contribution is 7.16. The molecule has 0 spiro atoms. The van der Waals surface area contributed by atoms with E-state index < -0.39 is 0 Å². The molecule has 0 radical (unpaired) electrons. The third-order valence-corrected chi connectivity index (χ3v) is 6.62. The minimum Gasteiger partial charge on any atom is -0.492 e. The second kappa shape index (κ2) is 8.85.